The van der Waals surface area contributed by atoms with Crippen LogP contribution in [0.15, 0.2) is 42.7 Å². The molecule has 1 aromatic rings. The third kappa shape index (κ3) is 4.23. The first-order chi connectivity index (χ1) is 10.6. The second-order valence-corrected chi connectivity index (χ2v) is 5.03. The van der Waals surface area contributed by atoms with E-state index < -0.39 is 18.1 Å². The van der Waals surface area contributed by atoms with Crippen molar-refractivity contribution in [1.82, 2.24) is 15.5 Å². The molecule has 1 aromatic carbocycles. The number of aliphatic hydroxyl groups excluding tert-OH is 1. The van der Waals surface area contributed by atoms with Gasteiger partial charge in [-0.15, -0.1) is 0 Å². The van der Waals surface area contributed by atoms with Crippen molar-refractivity contribution in [3.05, 3.63) is 48.3 Å². The number of primary amides is 1. The molecule has 118 valence electrons. The van der Waals surface area contributed by atoms with Crippen LogP contribution in [0.4, 0.5) is 4.79 Å². The van der Waals surface area contributed by atoms with E-state index in [0.717, 1.165) is 5.56 Å². The lowest BCUT2D eigenvalue weighted by molar-refractivity contribution is -0.126. The molecule has 7 nitrogen and oxygen atoms in total. The first kappa shape index (κ1) is 15.8. The van der Waals surface area contributed by atoms with E-state index in [1.54, 1.807) is 12.4 Å². The number of aliphatic hydroxyl groups is 1. The number of hydrogen-bond acceptors (Lipinski definition) is 4. The lowest BCUT2D eigenvalue weighted by Gasteiger charge is -2.27. The van der Waals surface area contributed by atoms with Crippen molar-refractivity contribution in [2.45, 2.75) is 18.6 Å². The first-order valence-electron chi connectivity index (χ1n) is 7.07. The van der Waals surface area contributed by atoms with E-state index in [2.05, 4.69) is 10.6 Å². The van der Waals surface area contributed by atoms with Gasteiger partial charge in [0.2, 0.25) is 5.91 Å². The van der Waals surface area contributed by atoms with Crippen molar-refractivity contribution in [1.29, 1.82) is 0 Å². The number of urea groups is 1. The monoisotopic (exact) mass is 304 g/mol. The van der Waals surface area contributed by atoms with Crippen LogP contribution in [0.5, 0.6) is 0 Å². The van der Waals surface area contributed by atoms with Crippen LogP contribution in [0.3, 0.4) is 0 Å². The van der Waals surface area contributed by atoms with Crippen molar-refractivity contribution < 1.29 is 14.7 Å². The average molecular weight is 304 g/mol. The van der Waals surface area contributed by atoms with Crippen LogP contribution >= 0.6 is 0 Å². The van der Waals surface area contributed by atoms with E-state index in [1.807, 2.05) is 30.3 Å². The van der Waals surface area contributed by atoms with Crippen LogP contribution < -0.4 is 16.4 Å². The summed E-state index contributed by atoms with van der Waals surface area (Å²) in [6, 6.07) is 8.37. The molecule has 0 saturated carbocycles. The van der Waals surface area contributed by atoms with Crippen LogP contribution in [-0.4, -0.2) is 41.1 Å². The summed E-state index contributed by atoms with van der Waals surface area (Å²) in [6.07, 6.45) is 2.05. The van der Waals surface area contributed by atoms with Gasteiger partial charge < -0.3 is 21.5 Å². The van der Waals surface area contributed by atoms with Crippen LogP contribution in [0.2, 0.25) is 0 Å². The maximum atomic E-state index is 12.3. The summed E-state index contributed by atoms with van der Waals surface area (Å²) >= 11 is 0. The fourth-order valence-corrected chi connectivity index (χ4v) is 2.19. The molecule has 1 aliphatic heterocycles. The number of carbonyl (C=O) groups is 2. The molecule has 1 aliphatic rings. The molecule has 3 amide bonds. The predicted molar refractivity (Wildman–Crippen MR) is 81.4 cm³/mol. The molecule has 0 bridgehead atoms. The minimum absolute atomic E-state index is 0.0287. The van der Waals surface area contributed by atoms with Gasteiger partial charge in [-0.1, -0.05) is 30.3 Å². The third-order valence-corrected chi connectivity index (χ3v) is 3.42. The average Bonchev–Trinajstić information content (AvgIpc) is 2.55. The fraction of sp³-hybridized carbons (Fsp3) is 0.333. The van der Waals surface area contributed by atoms with Gasteiger partial charge in [-0.3, -0.25) is 9.69 Å². The van der Waals surface area contributed by atoms with Crippen molar-refractivity contribution in [3.63, 3.8) is 0 Å². The highest BCUT2D eigenvalue weighted by molar-refractivity contribution is 5.79. The molecule has 1 heterocycles. The lowest BCUT2D eigenvalue weighted by Crippen LogP contribution is -2.44. The van der Waals surface area contributed by atoms with Crippen LogP contribution in [0.25, 0.3) is 0 Å². The standard InChI is InChI=1S/C15H20N4O3/c16-14(21)13(20)10-12(11-4-2-1-3-5-11)18-15(22)19-8-6-17-7-9-19/h1-6,8,12-13,17,20H,7,9-10H2,(H2,16,21)(H,18,22). The predicted octanol–water partition coefficient (Wildman–Crippen LogP) is 0.0500. The second kappa shape index (κ2) is 7.46. The number of rotatable bonds is 5. The second-order valence-electron chi connectivity index (χ2n) is 5.03. The Hall–Kier alpha value is -2.54. The van der Waals surface area contributed by atoms with Crippen LogP contribution in [0, 0.1) is 0 Å². The van der Waals surface area contributed by atoms with E-state index in [0.29, 0.717) is 13.1 Å². The summed E-state index contributed by atoms with van der Waals surface area (Å²) < 4.78 is 0. The Kier molecular flexibility index (Phi) is 5.37. The molecule has 5 N–H and O–H groups in total. The Morgan fingerprint density at radius 2 is 2.09 bits per heavy atom. The molecular weight excluding hydrogens is 284 g/mol. The Balaban J connectivity index is 2.10. The zero-order chi connectivity index (χ0) is 15.9. The Morgan fingerprint density at radius 1 is 1.36 bits per heavy atom. The highest BCUT2D eigenvalue weighted by atomic mass is 16.3. The van der Waals surface area contributed by atoms with E-state index >= 15 is 0 Å². The summed E-state index contributed by atoms with van der Waals surface area (Å²) in [5.74, 6) is -0.808. The highest BCUT2D eigenvalue weighted by Gasteiger charge is 2.23. The van der Waals surface area contributed by atoms with Crippen molar-refractivity contribution in [2.24, 2.45) is 5.73 Å². The normalized spacial score (nSPS) is 16.5. The summed E-state index contributed by atoms with van der Waals surface area (Å²) in [7, 11) is 0. The highest BCUT2D eigenvalue weighted by Crippen LogP contribution is 2.19. The number of amides is 3. The van der Waals surface area contributed by atoms with Crippen molar-refractivity contribution >= 4 is 11.9 Å². The van der Waals surface area contributed by atoms with Crippen molar-refractivity contribution in [3.8, 4) is 0 Å². The number of nitrogens with two attached hydrogens (primary N) is 1. The lowest BCUT2D eigenvalue weighted by atomic mass is 10.0. The molecule has 0 spiro atoms. The zero-order valence-electron chi connectivity index (χ0n) is 12.1. The van der Waals surface area contributed by atoms with Crippen molar-refractivity contribution in [2.75, 3.05) is 13.1 Å². The molecule has 0 saturated heterocycles. The first-order valence-corrected chi connectivity index (χ1v) is 7.07. The van der Waals surface area contributed by atoms with Gasteiger partial charge in [-0.2, -0.15) is 0 Å². The molecule has 2 rings (SSSR count). The van der Waals surface area contributed by atoms with Gasteiger partial charge in [0, 0.05) is 31.9 Å². The smallest absolute Gasteiger partial charge is 0.321 e. The van der Waals surface area contributed by atoms with E-state index in [9.17, 15) is 14.7 Å². The quantitative estimate of drug-likeness (QED) is 0.616. The number of nitrogens with zero attached hydrogens (tertiary/aromatic N) is 1. The minimum Gasteiger partial charge on any atom is -0.388 e. The van der Waals surface area contributed by atoms with Gasteiger partial charge >= 0.3 is 6.03 Å². The Bertz CT molecular complexity index is 547. The Morgan fingerprint density at radius 3 is 2.68 bits per heavy atom. The SMILES string of the molecule is NC(=O)C(O)CC(NC(=O)N1C=CNCC1)c1ccccc1. The maximum Gasteiger partial charge on any atom is 0.321 e. The minimum atomic E-state index is -1.32. The van der Waals surface area contributed by atoms with Gasteiger partial charge in [-0.05, 0) is 5.56 Å². The number of benzene rings is 1. The summed E-state index contributed by atoms with van der Waals surface area (Å²) in [5, 5.41) is 15.5. The zero-order valence-corrected chi connectivity index (χ0v) is 12.1. The molecule has 0 aliphatic carbocycles. The third-order valence-electron chi connectivity index (χ3n) is 3.42. The topological polar surface area (TPSA) is 108 Å². The van der Waals surface area contributed by atoms with Crippen LogP contribution in [-0.2, 0) is 4.79 Å². The molecule has 0 fully saturated rings. The molecule has 2 unspecified atom stereocenters. The van der Waals surface area contributed by atoms with Gasteiger partial charge in [0.1, 0.15) is 6.10 Å². The van der Waals surface area contributed by atoms with Gasteiger partial charge in [0.25, 0.3) is 0 Å². The molecule has 0 aromatic heterocycles. The number of carbonyl (C=O) groups excluding carboxylic acids is 2. The maximum absolute atomic E-state index is 12.3. The fourth-order valence-electron chi connectivity index (χ4n) is 2.19. The van der Waals surface area contributed by atoms with Gasteiger partial charge in [-0.25, -0.2) is 4.79 Å². The summed E-state index contributed by atoms with van der Waals surface area (Å²) in [5.41, 5.74) is 5.91. The molecule has 7 heteroatoms. The van der Waals surface area contributed by atoms with E-state index in [1.165, 1.54) is 4.90 Å². The Labute approximate surface area is 128 Å². The van der Waals surface area contributed by atoms with Gasteiger partial charge in [0.05, 0.1) is 6.04 Å². The summed E-state index contributed by atoms with van der Waals surface area (Å²) in [4.78, 5) is 24.9. The van der Waals surface area contributed by atoms with E-state index in [-0.39, 0.29) is 12.5 Å². The molecule has 0 radical (unpaired) electrons. The van der Waals surface area contributed by atoms with E-state index in [4.69, 9.17) is 5.73 Å². The number of hydrogen-bond donors (Lipinski definition) is 4. The molecule has 22 heavy (non-hydrogen) atoms. The number of nitrogens with one attached hydrogen (secondary N) is 2. The summed E-state index contributed by atoms with van der Waals surface area (Å²) in [6.45, 7) is 1.21. The molecule has 2 atom stereocenters. The largest absolute Gasteiger partial charge is 0.388 e. The van der Waals surface area contributed by atoms with Crippen LogP contribution in [0.1, 0.15) is 18.0 Å². The molecular formula is C15H20N4O3. The van der Waals surface area contributed by atoms with Gasteiger partial charge in [0.15, 0.2) is 0 Å².